The number of carbonyl (C=O) groups excluding carboxylic acids is 2. The zero-order chi connectivity index (χ0) is 15.8. The first-order chi connectivity index (χ1) is 9.71. The number of rotatable bonds is 1. The van der Waals surface area contributed by atoms with Gasteiger partial charge in [-0.25, -0.2) is 0 Å². The maximum atomic E-state index is 12.6. The molecule has 4 heteroatoms. The van der Waals surface area contributed by atoms with Gasteiger partial charge in [0.25, 0.3) is 0 Å². The number of piperazine rings is 1. The van der Waals surface area contributed by atoms with Gasteiger partial charge >= 0.3 is 0 Å². The summed E-state index contributed by atoms with van der Waals surface area (Å²) in [6, 6.07) is 7.50. The van der Waals surface area contributed by atoms with Crippen LogP contribution >= 0.6 is 0 Å². The van der Waals surface area contributed by atoms with E-state index in [1.165, 1.54) is 0 Å². The van der Waals surface area contributed by atoms with E-state index in [1.54, 1.807) is 9.80 Å². The Morgan fingerprint density at radius 1 is 1.24 bits per heavy atom. The average Bonchev–Trinajstić information content (AvgIpc) is 2.40. The van der Waals surface area contributed by atoms with Crippen LogP contribution in [0.2, 0.25) is 0 Å². The first kappa shape index (κ1) is 15.5. The maximum absolute atomic E-state index is 12.6. The van der Waals surface area contributed by atoms with Crippen LogP contribution < -0.4 is 4.90 Å². The van der Waals surface area contributed by atoms with Crippen molar-refractivity contribution in [3.63, 3.8) is 0 Å². The summed E-state index contributed by atoms with van der Waals surface area (Å²) >= 11 is 0. The van der Waals surface area contributed by atoms with E-state index in [9.17, 15) is 9.59 Å². The molecule has 0 unspecified atom stereocenters. The standard InChI is InChI=1S/C17H24N2O2/c1-12-7-6-8-14(11-12)19-10-9-18(13(2)15(19)20)16(21)17(3,4)5/h6-8,11,13H,9-10H2,1-5H3/t13-/m1/s1. The van der Waals surface area contributed by atoms with E-state index in [4.69, 9.17) is 0 Å². The molecule has 0 saturated carbocycles. The number of anilines is 1. The molecular formula is C17H24N2O2. The van der Waals surface area contributed by atoms with Crippen molar-refractivity contribution >= 4 is 17.5 Å². The van der Waals surface area contributed by atoms with Gasteiger partial charge in [0.1, 0.15) is 6.04 Å². The number of amides is 2. The fourth-order valence-electron chi connectivity index (χ4n) is 2.63. The highest BCUT2D eigenvalue weighted by atomic mass is 16.2. The van der Waals surface area contributed by atoms with Gasteiger partial charge in [-0.1, -0.05) is 32.9 Å². The first-order valence-corrected chi connectivity index (χ1v) is 7.41. The highest BCUT2D eigenvalue weighted by Crippen LogP contribution is 2.25. The molecule has 1 atom stereocenters. The molecule has 1 aromatic carbocycles. The van der Waals surface area contributed by atoms with Gasteiger partial charge in [0.2, 0.25) is 11.8 Å². The second-order valence-corrected chi connectivity index (χ2v) is 6.75. The minimum Gasteiger partial charge on any atom is -0.329 e. The van der Waals surface area contributed by atoms with Gasteiger partial charge in [0.05, 0.1) is 0 Å². The Hall–Kier alpha value is -1.84. The van der Waals surface area contributed by atoms with Crippen LogP contribution in [0.3, 0.4) is 0 Å². The quantitative estimate of drug-likeness (QED) is 0.797. The molecule has 0 spiro atoms. The molecule has 1 heterocycles. The molecule has 1 saturated heterocycles. The van der Waals surface area contributed by atoms with Crippen molar-refractivity contribution < 1.29 is 9.59 Å². The zero-order valence-electron chi connectivity index (χ0n) is 13.5. The third kappa shape index (κ3) is 3.09. The van der Waals surface area contributed by atoms with E-state index in [-0.39, 0.29) is 11.8 Å². The molecule has 1 fully saturated rings. The molecule has 0 aliphatic carbocycles. The molecule has 2 rings (SSSR count). The lowest BCUT2D eigenvalue weighted by Crippen LogP contribution is -2.59. The lowest BCUT2D eigenvalue weighted by molar-refractivity contribution is -0.147. The van der Waals surface area contributed by atoms with Crippen molar-refractivity contribution in [3.8, 4) is 0 Å². The van der Waals surface area contributed by atoms with Crippen molar-refractivity contribution in [1.82, 2.24) is 4.90 Å². The molecule has 0 bridgehead atoms. The van der Waals surface area contributed by atoms with Crippen LogP contribution in [-0.4, -0.2) is 35.8 Å². The van der Waals surface area contributed by atoms with Gasteiger partial charge in [0.15, 0.2) is 0 Å². The SMILES string of the molecule is Cc1cccc(N2CCN(C(=O)C(C)(C)C)[C@H](C)C2=O)c1. The highest BCUT2D eigenvalue weighted by molar-refractivity contribution is 6.00. The van der Waals surface area contributed by atoms with Gasteiger partial charge in [-0.3, -0.25) is 9.59 Å². The Labute approximate surface area is 126 Å². The van der Waals surface area contributed by atoms with Gasteiger partial charge < -0.3 is 9.80 Å². The van der Waals surface area contributed by atoms with E-state index in [0.29, 0.717) is 13.1 Å². The smallest absolute Gasteiger partial charge is 0.249 e. The largest absolute Gasteiger partial charge is 0.329 e. The lowest BCUT2D eigenvalue weighted by atomic mass is 9.93. The molecule has 1 aliphatic rings. The highest BCUT2D eigenvalue weighted by Gasteiger charge is 2.38. The van der Waals surface area contributed by atoms with Gasteiger partial charge in [0, 0.05) is 24.2 Å². The average molecular weight is 288 g/mol. The molecular weight excluding hydrogens is 264 g/mol. The van der Waals surface area contributed by atoms with E-state index in [2.05, 4.69) is 0 Å². The maximum Gasteiger partial charge on any atom is 0.249 e. The predicted octanol–water partition coefficient (Wildman–Crippen LogP) is 2.60. The van der Waals surface area contributed by atoms with E-state index in [1.807, 2.05) is 58.9 Å². The van der Waals surface area contributed by atoms with Crippen LogP contribution in [0.5, 0.6) is 0 Å². The Balaban J connectivity index is 2.21. The summed E-state index contributed by atoms with van der Waals surface area (Å²) in [4.78, 5) is 28.5. The van der Waals surface area contributed by atoms with Crippen LogP contribution in [0.1, 0.15) is 33.3 Å². The monoisotopic (exact) mass is 288 g/mol. The first-order valence-electron chi connectivity index (χ1n) is 7.41. The Kier molecular flexibility index (Phi) is 4.08. The molecule has 0 aromatic heterocycles. The number of nitrogens with zero attached hydrogens (tertiary/aromatic N) is 2. The van der Waals surface area contributed by atoms with Gasteiger partial charge in [-0.15, -0.1) is 0 Å². The van der Waals surface area contributed by atoms with Crippen LogP contribution in [0, 0.1) is 12.3 Å². The van der Waals surface area contributed by atoms with Crippen molar-refractivity contribution in [2.24, 2.45) is 5.41 Å². The topological polar surface area (TPSA) is 40.6 Å². The van der Waals surface area contributed by atoms with Crippen molar-refractivity contribution in [3.05, 3.63) is 29.8 Å². The molecule has 0 N–H and O–H groups in total. The summed E-state index contributed by atoms with van der Waals surface area (Å²) in [6.07, 6.45) is 0. The normalized spacial score (nSPS) is 19.9. The predicted molar refractivity (Wildman–Crippen MR) is 84.2 cm³/mol. The Morgan fingerprint density at radius 3 is 2.48 bits per heavy atom. The summed E-state index contributed by atoms with van der Waals surface area (Å²) in [7, 11) is 0. The second-order valence-electron chi connectivity index (χ2n) is 6.75. The fraction of sp³-hybridized carbons (Fsp3) is 0.529. The molecule has 4 nitrogen and oxygen atoms in total. The number of aryl methyl sites for hydroxylation is 1. The third-order valence-corrected chi connectivity index (χ3v) is 3.87. The number of benzene rings is 1. The summed E-state index contributed by atoms with van der Waals surface area (Å²) in [6.45, 7) is 10.6. The number of hydrogen-bond donors (Lipinski definition) is 0. The minimum absolute atomic E-state index is 0.00977. The van der Waals surface area contributed by atoms with Crippen molar-refractivity contribution in [1.29, 1.82) is 0 Å². The minimum atomic E-state index is -0.458. The van der Waals surface area contributed by atoms with Crippen LogP contribution in [0.4, 0.5) is 5.69 Å². The molecule has 21 heavy (non-hydrogen) atoms. The van der Waals surface area contributed by atoms with E-state index >= 15 is 0 Å². The van der Waals surface area contributed by atoms with Gasteiger partial charge in [-0.2, -0.15) is 0 Å². The molecule has 114 valence electrons. The third-order valence-electron chi connectivity index (χ3n) is 3.87. The number of hydrogen-bond acceptors (Lipinski definition) is 2. The van der Waals surface area contributed by atoms with E-state index < -0.39 is 11.5 Å². The van der Waals surface area contributed by atoms with Crippen LogP contribution in [0.25, 0.3) is 0 Å². The van der Waals surface area contributed by atoms with E-state index in [0.717, 1.165) is 11.3 Å². The molecule has 0 radical (unpaired) electrons. The molecule has 2 amide bonds. The summed E-state index contributed by atoms with van der Waals surface area (Å²) < 4.78 is 0. The summed E-state index contributed by atoms with van der Waals surface area (Å²) in [5.74, 6) is 0.0247. The molecule has 1 aromatic rings. The Bertz CT molecular complexity index is 560. The Morgan fingerprint density at radius 2 is 1.90 bits per heavy atom. The van der Waals surface area contributed by atoms with Crippen LogP contribution in [0.15, 0.2) is 24.3 Å². The van der Waals surface area contributed by atoms with Crippen molar-refractivity contribution in [2.45, 2.75) is 40.7 Å². The van der Waals surface area contributed by atoms with Crippen LogP contribution in [-0.2, 0) is 9.59 Å². The lowest BCUT2D eigenvalue weighted by Gasteiger charge is -2.41. The molecule has 1 aliphatic heterocycles. The number of carbonyl (C=O) groups is 2. The summed E-state index contributed by atoms with van der Waals surface area (Å²) in [5.41, 5.74) is 1.58. The fourth-order valence-corrected chi connectivity index (χ4v) is 2.63. The second kappa shape index (κ2) is 5.51. The zero-order valence-corrected chi connectivity index (χ0v) is 13.5. The van der Waals surface area contributed by atoms with Crippen molar-refractivity contribution in [2.75, 3.05) is 18.0 Å². The summed E-state index contributed by atoms with van der Waals surface area (Å²) in [5, 5.41) is 0. The van der Waals surface area contributed by atoms with Gasteiger partial charge in [-0.05, 0) is 31.5 Å².